The standard InChI is InChI=1S/C15H14O4S/c1-20(17,18)14-9-5-6-12(10-14)11-19-15(16)13-7-3-2-4-8-13/h2-10H,11H2,1H3. The van der Waals surface area contributed by atoms with Crippen molar-refractivity contribution in [2.24, 2.45) is 0 Å². The number of ether oxygens (including phenoxy) is 1. The summed E-state index contributed by atoms with van der Waals surface area (Å²) in [5.41, 5.74) is 1.10. The second-order valence-electron chi connectivity index (χ2n) is 4.36. The van der Waals surface area contributed by atoms with Gasteiger partial charge in [0.1, 0.15) is 6.61 Å². The van der Waals surface area contributed by atoms with E-state index in [9.17, 15) is 13.2 Å². The van der Waals surface area contributed by atoms with Crippen molar-refractivity contribution in [1.29, 1.82) is 0 Å². The van der Waals surface area contributed by atoms with Gasteiger partial charge in [-0.3, -0.25) is 0 Å². The van der Waals surface area contributed by atoms with Gasteiger partial charge < -0.3 is 4.74 Å². The van der Waals surface area contributed by atoms with Crippen LogP contribution in [-0.4, -0.2) is 20.6 Å². The van der Waals surface area contributed by atoms with Crippen LogP contribution in [0.5, 0.6) is 0 Å². The summed E-state index contributed by atoms with van der Waals surface area (Å²) in [5.74, 6) is -0.435. The first-order chi connectivity index (χ1) is 9.47. The minimum Gasteiger partial charge on any atom is -0.457 e. The Bertz CT molecular complexity index is 706. The molecule has 0 fully saturated rings. The van der Waals surface area contributed by atoms with E-state index in [1.54, 1.807) is 36.4 Å². The Kier molecular flexibility index (Phi) is 4.20. The molecule has 0 aromatic heterocycles. The predicted molar refractivity (Wildman–Crippen MR) is 75.1 cm³/mol. The van der Waals surface area contributed by atoms with Gasteiger partial charge in [-0.2, -0.15) is 0 Å². The lowest BCUT2D eigenvalue weighted by Crippen LogP contribution is -2.05. The Balaban J connectivity index is 2.07. The third kappa shape index (κ3) is 3.68. The molecule has 0 saturated carbocycles. The van der Waals surface area contributed by atoms with Gasteiger partial charge in [0.15, 0.2) is 9.84 Å². The number of rotatable bonds is 4. The number of esters is 1. The molecule has 2 aromatic carbocycles. The Morgan fingerprint density at radius 1 is 1.05 bits per heavy atom. The van der Waals surface area contributed by atoms with Gasteiger partial charge in [-0.15, -0.1) is 0 Å². The molecule has 0 saturated heterocycles. The second kappa shape index (κ2) is 5.88. The predicted octanol–water partition coefficient (Wildman–Crippen LogP) is 2.45. The number of sulfone groups is 1. The molecule has 2 rings (SSSR count). The first kappa shape index (κ1) is 14.3. The van der Waals surface area contributed by atoms with Crippen LogP contribution in [0.25, 0.3) is 0 Å². The first-order valence-corrected chi connectivity index (χ1v) is 7.87. The van der Waals surface area contributed by atoms with E-state index in [4.69, 9.17) is 4.74 Å². The lowest BCUT2D eigenvalue weighted by Gasteiger charge is -2.06. The topological polar surface area (TPSA) is 60.4 Å². The fourth-order valence-corrected chi connectivity index (χ4v) is 2.36. The summed E-state index contributed by atoms with van der Waals surface area (Å²) in [7, 11) is -3.26. The van der Waals surface area contributed by atoms with E-state index < -0.39 is 15.8 Å². The molecule has 0 bridgehead atoms. The Morgan fingerprint density at radius 3 is 2.40 bits per heavy atom. The van der Waals surface area contributed by atoms with Gasteiger partial charge in [0.05, 0.1) is 10.5 Å². The number of carbonyl (C=O) groups is 1. The monoisotopic (exact) mass is 290 g/mol. The lowest BCUT2D eigenvalue weighted by atomic mass is 10.2. The average Bonchev–Trinajstić information content (AvgIpc) is 2.45. The maximum atomic E-state index is 11.8. The fraction of sp³-hybridized carbons (Fsp3) is 0.133. The average molecular weight is 290 g/mol. The summed E-state index contributed by atoms with van der Waals surface area (Å²) < 4.78 is 28.0. The molecule has 4 nitrogen and oxygen atoms in total. The van der Waals surface area contributed by atoms with Crippen LogP contribution in [0.2, 0.25) is 0 Å². The van der Waals surface area contributed by atoms with E-state index in [0.29, 0.717) is 11.1 Å². The zero-order chi connectivity index (χ0) is 14.6. The maximum Gasteiger partial charge on any atom is 0.338 e. The second-order valence-corrected chi connectivity index (χ2v) is 6.38. The molecule has 20 heavy (non-hydrogen) atoms. The van der Waals surface area contributed by atoms with Crippen LogP contribution in [0.15, 0.2) is 59.5 Å². The molecule has 0 N–H and O–H groups in total. The molecule has 0 radical (unpaired) electrons. The Morgan fingerprint density at radius 2 is 1.75 bits per heavy atom. The highest BCUT2D eigenvalue weighted by Crippen LogP contribution is 2.13. The highest BCUT2D eigenvalue weighted by molar-refractivity contribution is 7.90. The molecule has 0 aliphatic carbocycles. The summed E-state index contributed by atoms with van der Waals surface area (Å²) >= 11 is 0. The van der Waals surface area contributed by atoms with Crippen LogP contribution in [0.1, 0.15) is 15.9 Å². The van der Waals surface area contributed by atoms with Crippen molar-refractivity contribution in [3.05, 3.63) is 65.7 Å². The molecule has 2 aromatic rings. The summed E-state index contributed by atoms with van der Waals surface area (Å²) in [4.78, 5) is 12.0. The van der Waals surface area contributed by atoms with Crippen LogP contribution in [0.4, 0.5) is 0 Å². The van der Waals surface area contributed by atoms with Crippen molar-refractivity contribution in [1.82, 2.24) is 0 Å². The third-order valence-electron chi connectivity index (χ3n) is 2.71. The highest BCUT2D eigenvalue weighted by atomic mass is 32.2. The number of hydrogen-bond donors (Lipinski definition) is 0. The Hall–Kier alpha value is -2.14. The molecule has 0 heterocycles. The SMILES string of the molecule is CS(=O)(=O)c1cccc(COC(=O)c2ccccc2)c1. The van der Waals surface area contributed by atoms with Crippen LogP contribution in [0.3, 0.4) is 0 Å². The molecule has 0 amide bonds. The molecule has 0 unspecified atom stereocenters. The van der Waals surface area contributed by atoms with Crippen LogP contribution in [-0.2, 0) is 21.2 Å². The van der Waals surface area contributed by atoms with Crippen molar-refractivity contribution >= 4 is 15.8 Å². The minimum absolute atomic E-state index is 0.0388. The zero-order valence-corrected chi connectivity index (χ0v) is 11.8. The lowest BCUT2D eigenvalue weighted by molar-refractivity contribution is 0.0472. The van der Waals surface area contributed by atoms with Gasteiger partial charge in [-0.1, -0.05) is 30.3 Å². The molecule has 104 valence electrons. The van der Waals surface area contributed by atoms with Gasteiger partial charge in [-0.25, -0.2) is 13.2 Å². The first-order valence-electron chi connectivity index (χ1n) is 5.98. The minimum atomic E-state index is -3.26. The van der Waals surface area contributed by atoms with E-state index in [-0.39, 0.29) is 11.5 Å². The van der Waals surface area contributed by atoms with E-state index >= 15 is 0 Å². The molecule has 5 heteroatoms. The Labute approximate surface area is 117 Å². The van der Waals surface area contributed by atoms with Crippen LogP contribution < -0.4 is 0 Å². The fourth-order valence-electron chi connectivity index (χ4n) is 1.67. The molecule has 0 aliphatic heterocycles. The number of hydrogen-bond acceptors (Lipinski definition) is 4. The van der Waals surface area contributed by atoms with Crippen molar-refractivity contribution in [3.63, 3.8) is 0 Å². The van der Waals surface area contributed by atoms with Crippen LogP contribution in [0, 0.1) is 0 Å². The summed E-state index contributed by atoms with van der Waals surface area (Å²) in [6.07, 6.45) is 1.14. The molecular weight excluding hydrogens is 276 g/mol. The highest BCUT2D eigenvalue weighted by Gasteiger charge is 2.09. The van der Waals surface area contributed by atoms with E-state index in [2.05, 4.69) is 0 Å². The van der Waals surface area contributed by atoms with Gasteiger partial charge in [0.2, 0.25) is 0 Å². The summed E-state index contributed by atoms with van der Waals surface area (Å²) in [6.45, 7) is 0.0388. The summed E-state index contributed by atoms with van der Waals surface area (Å²) in [6, 6.07) is 15.0. The third-order valence-corrected chi connectivity index (χ3v) is 3.82. The number of carbonyl (C=O) groups excluding carboxylic acids is 1. The van der Waals surface area contributed by atoms with E-state index in [1.807, 2.05) is 6.07 Å². The van der Waals surface area contributed by atoms with Gasteiger partial charge >= 0.3 is 5.97 Å². The summed E-state index contributed by atoms with van der Waals surface area (Å²) in [5, 5.41) is 0. The van der Waals surface area contributed by atoms with Crippen molar-refractivity contribution in [2.45, 2.75) is 11.5 Å². The normalized spacial score (nSPS) is 11.1. The maximum absolute atomic E-state index is 11.8. The van der Waals surface area contributed by atoms with Crippen molar-refractivity contribution < 1.29 is 17.9 Å². The zero-order valence-electron chi connectivity index (χ0n) is 10.9. The molecule has 0 spiro atoms. The largest absolute Gasteiger partial charge is 0.457 e. The van der Waals surface area contributed by atoms with Gasteiger partial charge in [0.25, 0.3) is 0 Å². The molecular formula is C15H14O4S. The van der Waals surface area contributed by atoms with Gasteiger partial charge in [-0.05, 0) is 29.8 Å². The smallest absolute Gasteiger partial charge is 0.338 e. The van der Waals surface area contributed by atoms with Crippen molar-refractivity contribution in [3.8, 4) is 0 Å². The number of benzene rings is 2. The molecule has 0 aliphatic rings. The van der Waals surface area contributed by atoms with E-state index in [0.717, 1.165) is 6.26 Å². The van der Waals surface area contributed by atoms with Crippen LogP contribution >= 0.6 is 0 Å². The van der Waals surface area contributed by atoms with Crippen molar-refractivity contribution in [2.75, 3.05) is 6.26 Å². The quantitative estimate of drug-likeness (QED) is 0.811. The van der Waals surface area contributed by atoms with Gasteiger partial charge in [0, 0.05) is 6.26 Å². The molecule has 0 atom stereocenters. The van der Waals surface area contributed by atoms with E-state index in [1.165, 1.54) is 12.1 Å².